The zero-order valence-corrected chi connectivity index (χ0v) is 14.8. The van der Waals surface area contributed by atoms with Crippen LogP contribution in [0.25, 0.3) is 0 Å². The summed E-state index contributed by atoms with van der Waals surface area (Å²) in [5.74, 6) is 1.19. The number of hydrogen-bond donors (Lipinski definition) is 3. The Hall–Kier alpha value is -1.84. The lowest BCUT2D eigenvalue weighted by atomic mass is 9.81. The average molecular weight is 339 g/mol. The Morgan fingerprint density at radius 3 is 2.24 bits per heavy atom. The fourth-order valence-electron chi connectivity index (χ4n) is 3.93. The zero-order valence-electron chi connectivity index (χ0n) is 14.8. The average Bonchev–Trinajstić information content (AvgIpc) is 2.67. The third kappa shape index (κ3) is 5.07. The van der Waals surface area contributed by atoms with Gasteiger partial charge in [-0.15, -0.1) is 0 Å². The number of phenols is 1. The van der Waals surface area contributed by atoms with E-state index in [2.05, 4.69) is 29.6 Å². The van der Waals surface area contributed by atoms with Crippen molar-refractivity contribution >= 4 is 0 Å². The Kier molecular flexibility index (Phi) is 6.48. The molecule has 1 fully saturated rings. The number of aliphatic hydroxyl groups is 1. The first-order valence-electron chi connectivity index (χ1n) is 9.44. The molecule has 1 atom stereocenters. The van der Waals surface area contributed by atoms with Crippen molar-refractivity contribution in [3.8, 4) is 5.75 Å². The van der Waals surface area contributed by atoms with Gasteiger partial charge in [0.15, 0.2) is 0 Å². The fraction of sp³-hybridized carbons (Fsp3) is 0.455. The van der Waals surface area contributed by atoms with Gasteiger partial charge in [0.1, 0.15) is 5.75 Å². The smallest absolute Gasteiger partial charge is 0.115 e. The molecule has 3 rings (SSSR count). The highest BCUT2D eigenvalue weighted by atomic mass is 16.3. The van der Waals surface area contributed by atoms with Crippen LogP contribution in [0.15, 0.2) is 54.6 Å². The van der Waals surface area contributed by atoms with Gasteiger partial charge in [-0.1, -0.05) is 42.5 Å². The molecule has 1 unspecified atom stereocenters. The molecule has 0 heterocycles. The van der Waals surface area contributed by atoms with Gasteiger partial charge in [0.2, 0.25) is 0 Å². The lowest BCUT2D eigenvalue weighted by Gasteiger charge is -2.30. The largest absolute Gasteiger partial charge is 0.508 e. The van der Waals surface area contributed by atoms with Gasteiger partial charge < -0.3 is 15.5 Å². The van der Waals surface area contributed by atoms with Crippen molar-refractivity contribution in [2.24, 2.45) is 0 Å². The summed E-state index contributed by atoms with van der Waals surface area (Å²) in [6, 6.07) is 18.6. The van der Waals surface area contributed by atoms with Crippen LogP contribution in [0, 0.1) is 0 Å². The third-order valence-corrected chi connectivity index (χ3v) is 5.51. The van der Waals surface area contributed by atoms with Crippen molar-refractivity contribution in [3.63, 3.8) is 0 Å². The van der Waals surface area contributed by atoms with E-state index < -0.39 is 0 Å². The van der Waals surface area contributed by atoms with E-state index in [9.17, 15) is 10.2 Å². The molecular weight excluding hydrogens is 310 g/mol. The van der Waals surface area contributed by atoms with E-state index >= 15 is 0 Å². The molecule has 2 aromatic carbocycles. The lowest BCUT2D eigenvalue weighted by molar-refractivity contribution is 0.254. The number of nitrogens with one attached hydrogen (secondary N) is 1. The van der Waals surface area contributed by atoms with Crippen LogP contribution in [0.4, 0.5) is 0 Å². The molecule has 25 heavy (non-hydrogen) atoms. The first-order valence-corrected chi connectivity index (χ1v) is 9.44. The van der Waals surface area contributed by atoms with E-state index in [0.29, 0.717) is 17.7 Å². The standard InChI is InChI=1S/C22H29NO2/c24-16-20(17-4-2-1-3-5-17)14-15-23-21-10-6-18(7-11-21)19-8-12-22(25)13-9-19/h1-5,8-9,12-13,18,20-21,23-25H,6-7,10-11,14-16H2/t18-,20?,21-. The Labute approximate surface area is 150 Å². The van der Waals surface area contributed by atoms with Gasteiger partial charge in [0.05, 0.1) is 0 Å². The summed E-state index contributed by atoms with van der Waals surface area (Å²) in [5.41, 5.74) is 2.57. The van der Waals surface area contributed by atoms with Crippen molar-refractivity contribution in [2.75, 3.05) is 13.2 Å². The molecule has 0 spiro atoms. The number of aromatic hydroxyl groups is 1. The monoisotopic (exact) mass is 339 g/mol. The van der Waals surface area contributed by atoms with Gasteiger partial charge in [-0.05, 0) is 67.8 Å². The van der Waals surface area contributed by atoms with E-state index in [0.717, 1.165) is 13.0 Å². The van der Waals surface area contributed by atoms with Crippen LogP contribution in [0.1, 0.15) is 55.1 Å². The maximum atomic E-state index is 9.65. The summed E-state index contributed by atoms with van der Waals surface area (Å²) in [6.07, 6.45) is 5.76. The maximum Gasteiger partial charge on any atom is 0.115 e. The first-order chi connectivity index (χ1) is 12.3. The predicted octanol–water partition coefficient (Wildman–Crippen LogP) is 4.17. The molecule has 0 aromatic heterocycles. The predicted molar refractivity (Wildman–Crippen MR) is 102 cm³/mol. The van der Waals surface area contributed by atoms with Gasteiger partial charge in [-0.3, -0.25) is 0 Å². The van der Waals surface area contributed by atoms with Crippen molar-refractivity contribution in [1.29, 1.82) is 0 Å². The number of aliphatic hydroxyl groups excluding tert-OH is 1. The summed E-state index contributed by atoms with van der Waals surface area (Å²) in [7, 11) is 0. The van der Waals surface area contributed by atoms with Crippen LogP contribution >= 0.6 is 0 Å². The molecule has 1 aliphatic rings. The molecule has 2 aromatic rings. The van der Waals surface area contributed by atoms with Crippen LogP contribution in [0.5, 0.6) is 5.75 Å². The minimum Gasteiger partial charge on any atom is -0.508 e. The molecule has 3 nitrogen and oxygen atoms in total. The van der Waals surface area contributed by atoms with Crippen molar-refractivity contribution < 1.29 is 10.2 Å². The Morgan fingerprint density at radius 1 is 0.920 bits per heavy atom. The highest BCUT2D eigenvalue weighted by molar-refractivity contribution is 5.28. The number of phenolic OH excluding ortho intramolecular Hbond substituents is 1. The van der Waals surface area contributed by atoms with Crippen LogP contribution < -0.4 is 5.32 Å². The second kappa shape index (κ2) is 9.02. The maximum absolute atomic E-state index is 9.65. The highest BCUT2D eigenvalue weighted by Gasteiger charge is 2.22. The second-order valence-electron chi connectivity index (χ2n) is 7.17. The molecule has 0 aliphatic heterocycles. The molecule has 0 amide bonds. The van der Waals surface area contributed by atoms with E-state index in [1.807, 2.05) is 18.2 Å². The second-order valence-corrected chi connectivity index (χ2v) is 7.17. The molecular formula is C22H29NO2. The van der Waals surface area contributed by atoms with Gasteiger partial charge in [-0.25, -0.2) is 0 Å². The van der Waals surface area contributed by atoms with E-state index in [-0.39, 0.29) is 12.5 Å². The molecule has 134 valence electrons. The Morgan fingerprint density at radius 2 is 1.60 bits per heavy atom. The quantitative estimate of drug-likeness (QED) is 0.709. The number of benzene rings is 2. The minimum atomic E-state index is 0.208. The first kappa shape index (κ1) is 18.0. The van der Waals surface area contributed by atoms with Crippen LogP contribution in [-0.2, 0) is 0 Å². The van der Waals surface area contributed by atoms with Crippen molar-refractivity contribution in [1.82, 2.24) is 5.32 Å². The normalized spacial score (nSPS) is 21.8. The third-order valence-electron chi connectivity index (χ3n) is 5.51. The summed E-state index contributed by atoms with van der Waals surface area (Å²) < 4.78 is 0. The number of rotatable bonds is 7. The molecule has 0 radical (unpaired) electrons. The van der Waals surface area contributed by atoms with Crippen LogP contribution in [0.3, 0.4) is 0 Å². The summed E-state index contributed by atoms with van der Waals surface area (Å²) >= 11 is 0. The topological polar surface area (TPSA) is 52.5 Å². The molecule has 1 saturated carbocycles. The SMILES string of the molecule is OCC(CCN[C@H]1CC[C@H](c2ccc(O)cc2)CC1)c1ccccc1. The lowest BCUT2D eigenvalue weighted by Crippen LogP contribution is -2.34. The minimum absolute atomic E-state index is 0.208. The summed E-state index contributed by atoms with van der Waals surface area (Å²) in [6.45, 7) is 1.16. The van der Waals surface area contributed by atoms with Crippen LogP contribution in [0.2, 0.25) is 0 Å². The number of hydrogen-bond acceptors (Lipinski definition) is 3. The van der Waals surface area contributed by atoms with E-state index in [1.54, 1.807) is 12.1 Å². The zero-order chi connectivity index (χ0) is 17.5. The van der Waals surface area contributed by atoms with E-state index in [1.165, 1.54) is 36.8 Å². The molecule has 1 aliphatic carbocycles. The summed E-state index contributed by atoms with van der Waals surface area (Å²) in [4.78, 5) is 0. The Bertz CT molecular complexity index is 618. The molecule has 0 bridgehead atoms. The van der Waals surface area contributed by atoms with E-state index in [4.69, 9.17) is 0 Å². The van der Waals surface area contributed by atoms with Gasteiger partial charge >= 0.3 is 0 Å². The van der Waals surface area contributed by atoms with Crippen molar-refractivity contribution in [2.45, 2.75) is 50.0 Å². The highest BCUT2D eigenvalue weighted by Crippen LogP contribution is 2.33. The molecule has 3 heteroatoms. The summed E-state index contributed by atoms with van der Waals surface area (Å²) in [5, 5.41) is 22.8. The Balaban J connectivity index is 1.41. The van der Waals surface area contributed by atoms with Gasteiger partial charge in [0, 0.05) is 18.6 Å². The van der Waals surface area contributed by atoms with Gasteiger partial charge in [0.25, 0.3) is 0 Å². The van der Waals surface area contributed by atoms with Gasteiger partial charge in [-0.2, -0.15) is 0 Å². The van der Waals surface area contributed by atoms with Crippen molar-refractivity contribution in [3.05, 3.63) is 65.7 Å². The molecule has 3 N–H and O–H groups in total. The molecule has 0 saturated heterocycles. The fourth-order valence-corrected chi connectivity index (χ4v) is 3.93. The van der Waals surface area contributed by atoms with Crippen LogP contribution in [-0.4, -0.2) is 29.4 Å².